The molecule has 0 fully saturated rings. The molecule has 0 saturated carbocycles. The molecule has 25 heavy (non-hydrogen) atoms. The van der Waals surface area contributed by atoms with Gasteiger partial charge in [-0.25, -0.2) is 0 Å². The van der Waals surface area contributed by atoms with E-state index in [-0.39, 0.29) is 35.3 Å². The van der Waals surface area contributed by atoms with E-state index in [1.54, 1.807) is 26.5 Å². The number of aromatic amines is 1. The first-order chi connectivity index (χ1) is 11.5. The Labute approximate surface area is 171 Å². The summed E-state index contributed by atoms with van der Waals surface area (Å²) in [6.45, 7) is 3.78. The number of pyridine rings is 2. The third-order valence-electron chi connectivity index (χ3n) is 3.75. The number of hydrogen-bond donors (Lipinski definition) is 1. The minimum atomic E-state index is -1.37. The zero-order valence-electron chi connectivity index (χ0n) is 13.9. The zero-order chi connectivity index (χ0) is 17.3. The summed E-state index contributed by atoms with van der Waals surface area (Å²) in [6, 6.07) is 3.63. The molecule has 0 spiro atoms. The van der Waals surface area contributed by atoms with E-state index in [1.807, 2.05) is 19.9 Å². The van der Waals surface area contributed by atoms with E-state index in [0.717, 1.165) is 22.6 Å². The molecule has 0 radical (unpaired) electrons. The normalized spacial score (nSPS) is 11.9. The molecular weight excluding hydrogens is 351 g/mol. The van der Waals surface area contributed by atoms with Crippen LogP contribution < -0.4 is 9.47 Å². The molecule has 1 N–H and O–H groups in total. The molecule has 0 aromatic carbocycles. The number of H-pyrrole nitrogens is 1. The summed E-state index contributed by atoms with van der Waals surface area (Å²) in [5.41, 5.74) is 3.68. The molecule has 0 amide bonds. The third kappa shape index (κ3) is 4.09. The number of aromatic nitrogens is 4. The van der Waals surface area contributed by atoms with E-state index in [2.05, 4.69) is 19.9 Å². The van der Waals surface area contributed by atoms with E-state index in [4.69, 9.17) is 9.47 Å². The Kier molecular flexibility index (Phi) is 6.70. The molecule has 0 saturated heterocycles. The number of nitrogens with one attached hydrogen (secondary N) is 1. The Morgan fingerprint density at radius 2 is 1.96 bits per heavy atom. The Balaban J connectivity index is 0.00000225. The quantitative estimate of drug-likeness (QED) is 0.542. The second-order valence-electron chi connectivity index (χ2n) is 5.30. The van der Waals surface area contributed by atoms with Gasteiger partial charge in [0.2, 0.25) is 5.88 Å². The van der Waals surface area contributed by atoms with E-state index < -0.39 is 11.2 Å². The monoisotopic (exact) mass is 370 g/mol. The Morgan fingerprint density at radius 1 is 1.20 bits per heavy atom. The fourth-order valence-electron chi connectivity index (χ4n) is 2.43. The second-order valence-corrected chi connectivity index (χ2v) is 6.67. The standard InChI is InChI=1S/C16H18N4O3S.Na.H/c1-9-7-11-14(19-15(9)23-4)20-16(18-11)24(21)8-12-10(2)13(22-3)5-6-17-12;;/h5-7H,8H2,1-4H3,(H,18,19,20);;. The van der Waals surface area contributed by atoms with Crippen molar-refractivity contribution < 1.29 is 14.0 Å². The summed E-state index contributed by atoms with van der Waals surface area (Å²) in [4.78, 5) is 16.0. The maximum atomic E-state index is 12.7. The molecule has 3 heterocycles. The van der Waals surface area contributed by atoms with Gasteiger partial charge in [-0.3, -0.25) is 9.97 Å². The van der Waals surface area contributed by atoms with Gasteiger partial charge < -0.3 is 14.0 Å². The van der Waals surface area contributed by atoms with Crippen LogP contribution in [0.2, 0.25) is 0 Å². The summed E-state index contributed by atoms with van der Waals surface area (Å²) < 4.78 is 23.1. The summed E-state index contributed by atoms with van der Waals surface area (Å²) in [7, 11) is 3.16. The molecule has 3 aromatic rings. The number of fused-ring (bicyclic) bond motifs is 1. The van der Waals surface area contributed by atoms with E-state index in [1.165, 1.54) is 0 Å². The van der Waals surface area contributed by atoms with E-state index >= 15 is 0 Å². The molecule has 7 nitrogen and oxygen atoms in total. The number of hydrogen-bond acceptors (Lipinski definition) is 6. The summed E-state index contributed by atoms with van der Waals surface area (Å²) in [6.07, 6.45) is 1.65. The van der Waals surface area contributed by atoms with Crippen LogP contribution in [0.3, 0.4) is 0 Å². The van der Waals surface area contributed by atoms with Crippen molar-refractivity contribution in [3.63, 3.8) is 0 Å². The van der Waals surface area contributed by atoms with Crippen LogP contribution in [0.15, 0.2) is 23.5 Å². The van der Waals surface area contributed by atoms with E-state index in [0.29, 0.717) is 22.2 Å². The van der Waals surface area contributed by atoms with Crippen molar-refractivity contribution >= 4 is 51.9 Å². The average molecular weight is 370 g/mol. The second kappa shape index (κ2) is 8.37. The van der Waals surface area contributed by atoms with Gasteiger partial charge in [-0.1, -0.05) is 0 Å². The van der Waals surface area contributed by atoms with Crippen molar-refractivity contribution in [2.45, 2.75) is 24.8 Å². The number of methoxy groups -OCH3 is 2. The van der Waals surface area contributed by atoms with Crippen LogP contribution in [-0.4, -0.2) is 68.3 Å². The van der Waals surface area contributed by atoms with Gasteiger partial charge >= 0.3 is 34.7 Å². The van der Waals surface area contributed by atoms with Crippen molar-refractivity contribution in [2.75, 3.05) is 14.2 Å². The number of ether oxygens (including phenoxy) is 2. The van der Waals surface area contributed by atoms with Gasteiger partial charge in [-0.05, 0) is 26.0 Å². The summed E-state index contributed by atoms with van der Waals surface area (Å²) in [5, 5.41) is 0.370. The van der Waals surface area contributed by atoms with Gasteiger partial charge in [0.05, 0.1) is 19.9 Å². The molecule has 1 unspecified atom stereocenters. The van der Waals surface area contributed by atoms with Crippen molar-refractivity contribution in [2.24, 2.45) is 0 Å². The molecule has 3 aromatic heterocycles. The van der Waals surface area contributed by atoms with Crippen LogP contribution in [0.25, 0.3) is 11.2 Å². The van der Waals surface area contributed by atoms with Crippen molar-refractivity contribution in [1.82, 2.24) is 19.9 Å². The number of rotatable bonds is 5. The predicted molar refractivity (Wildman–Crippen MR) is 98.0 cm³/mol. The minimum absolute atomic E-state index is 0. The fourth-order valence-corrected chi connectivity index (χ4v) is 3.52. The molecule has 0 aliphatic rings. The predicted octanol–water partition coefficient (Wildman–Crippen LogP) is 1.65. The van der Waals surface area contributed by atoms with Crippen LogP contribution in [0.1, 0.15) is 16.8 Å². The summed E-state index contributed by atoms with van der Waals surface area (Å²) >= 11 is -1.37. The van der Waals surface area contributed by atoms with Crippen LogP contribution in [0.5, 0.6) is 11.6 Å². The SMILES string of the molecule is COc1ccnc(C[S+]([O-])c2nc3cc(C)c(OC)nc3[nH]2)c1C.[NaH]. The van der Waals surface area contributed by atoms with Crippen molar-refractivity contribution in [3.8, 4) is 11.6 Å². The van der Waals surface area contributed by atoms with Gasteiger partial charge in [0.1, 0.15) is 11.3 Å². The first-order valence-corrected chi connectivity index (χ1v) is 8.63. The molecule has 9 heteroatoms. The Hall–Kier alpha value is -1.32. The first-order valence-electron chi connectivity index (χ1n) is 7.31. The molecule has 0 aliphatic carbocycles. The van der Waals surface area contributed by atoms with E-state index in [9.17, 15) is 4.55 Å². The maximum absolute atomic E-state index is 12.7. The van der Waals surface area contributed by atoms with Crippen LogP contribution in [0.4, 0.5) is 0 Å². The Bertz CT molecular complexity index is 887. The average Bonchev–Trinajstić information content (AvgIpc) is 2.98. The number of aryl methyl sites for hydroxylation is 1. The molecule has 3 rings (SSSR count). The molecule has 1 atom stereocenters. The van der Waals surface area contributed by atoms with Crippen molar-refractivity contribution in [1.29, 1.82) is 0 Å². The molecule has 0 aliphatic heterocycles. The molecule has 128 valence electrons. The van der Waals surface area contributed by atoms with Gasteiger partial charge in [0.25, 0.3) is 0 Å². The summed E-state index contributed by atoms with van der Waals surface area (Å²) in [5.74, 6) is 1.50. The number of nitrogens with zero attached hydrogens (tertiary/aromatic N) is 3. The fraction of sp³-hybridized carbons (Fsp3) is 0.312. The third-order valence-corrected chi connectivity index (χ3v) is 4.91. The van der Waals surface area contributed by atoms with Gasteiger partial charge in [-0.15, -0.1) is 0 Å². The Morgan fingerprint density at radius 3 is 2.64 bits per heavy atom. The van der Waals surface area contributed by atoms with Crippen LogP contribution in [0, 0.1) is 13.8 Å². The van der Waals surface area contributed by atoms with Crippen LogP contribution in [-0.2, 0) is 16.9 Å². The zero-order valence-corrected chi connectivity index (χ0v) is 14.7. The van der Waals surface area contributed by atoms with Crippen LogP contribution >= 0.6 is 0 Å². The van der Waals surface area contributed by atoms with Crippen molar-refractivity contribution in [3.05, 3.63) is 35.2 Å². The van der Waals surface area contributed by atoms with Gasteiger partial charge in [-0.2, -0.15) is 9.97 Å². The molecule has 0 bridgehead atoms. The first kappa shape index (κ1) is 20.0. The number of imidazole rings is 1. The molecular formula is C16H19N4NaO3S. The van der Waals surface area contributed by atoms with Gasteiger partial charge in [0.15, 0.2) is 11.4 Å². The van der Waals surface area contributed by atoms with Gasteiger partial charge in [0, 0.05) is 28.5 Å². The topological polar surface area (TPSA) is 96.0 Å².